The number of benzene rings is 2. The molecule has 2 N–H and O–H groups in total. The van der Waals surface area contributed by atoms with Gasteiger partial charge >= 0.3 is 34.5 Å². The molecule has 18 heteroatoms. The molecule has 0 unspecified atom stereocenters. The number of rotatable bonds is 15. The highest BCUT2D eigenvalue weighted by Crippen LogP contribution is 2.45. The minimum Gasteiger partial charge on any atom is -0.487 e. The van der Waals surface area contributed by atoms with Crippen LogP contribution in [0.3, 0.4) is 0 Å². The molecule has 0 saturated carbocycles. The van der Waals surface area contributed by atoms with E-state index >= 15 is 4.39 Å². The lowest BCUT2D eigenvalue weighted by atomic mass is 10.1. The van der Waals surface area contributed by atoms with Gasteiger partial charge in [0.05, 0.1) is 18.3 Å². The lowest BCUT2D eigenvalue weighted by Crippen LogP contribution is -2.48. The van der Waals surface area contributed by atoms with E-state index in [1.165, 1.54) is 38.9 Å². The minimum absolute atomic E-state index is 0.000416. The number of hydrogen-bond donors (Lipinski definition) is 2. The highest BCUT2D eigenvalue weighted by Gasteiger charge is 2.43. The molecule has 53 heavy (non-hydrogen) atoms. The van der Waals surface area contributed by atoms with E-state index in [0.717, 1.165) is 11.0 Å². The molecular formula is C35H47FN4O12S. The van der Waals surface area contributed by atoms with Crippen LogP contribution in [0.2, 0.25) is 0 Å². The standard InChI is InChI=1S/C35H47FN4O12S/c1-9-16-49-31(42)37-53(46,47)39(21-28(41)51-34(2,3)4)30-27(50-22-23-13-11-10-12-14-23)19-26-25(29(30)36)18-24(40(26)32(43)44)20-38(15-17-48-8)33(45)52-35(5,6)7/h9-14,19,24H,1,15-18,20-22H2,2-8H3,(H,37,42)(H,43,44)/t24-/m1/s1. The van der Waals surface area contributed by atoms with E-state index in [0.29, 0.717) is 5.56 Å². The van der Waals surface area contributed by atoms with Crippen LogP contribution < -0.4 is 18.7 Å². The van der Waals surface area contributed by atoms with Gasteiger partial charge in [-0.15, -0.1) is 0 Å². The van der Waals surface area contributed by atoms with E-state index in [4.69, 9.17) is 23.7 Å². The first-order valence-corrected chi connectivity index (χ1v) is 17.9. The molecule has 292 valence electrons. The van der Waals surface area contributed by atoms with Crippen LogP contribution in [0, 0.1) is 5.82 Å². The zero-order chi connectivity index (χ0) is 39.7. The Morgan fingerprint density at radius 2 is 1.72 bits per heavy atom. The van der Waals surface area contributed by atoms with Crippen molar-refractivity contribution in [3.05, 3.63) is 66.0 Å². The number of nitrogens with zero attached hydrogens (tertiary/aromatic N) is 3. The fraction of sp³-hybridized carbons (Fsp3) is 0.486. The molecule has 0 bridgehead atoms. The summed E-state index contributed by atoms with van der Waals surface area (Å²) in [5.74, 6) is -2.88. The molecule has 1 aliphatic rings. The number of halogens is 1. The molecule has 2 aromatic rings. The van der Waals surface area contributed by atoms with Crippen molar-refractivity contribution in [1.82, 2.24) is 9.62 Å². The molecule has 0 fully saturated rings. The summed E-state index contributed by atoms with van der Waals surface area (Å²) in [6.07, 6.45) is -2.89. The molecule has 3 amide bonds. The van der Waals surface area contributed by atoms with Gasteiger partial charge < -0.3 is 33.7 Å². The van der Waals surface area contributed by atoms with Gasteiger partial charge in [-0.1, -0.05) is 43.0 Å². The second-order valence-electron chi connectivity index (χ2n) is 13.8. The first kappa shape index (κ1) is 42.3. The van der Waals surface area contributed by atoms with Crippen LogP contribution in [-0.4, -0.2) is 99.9 Å². The second kappa shape index (κ2) is 17.6. The fourth-order valence-corrected chi connectivity index (χ4v) is 6.26. The number of hydrogen-bond acceptors (Lipinski definition) is 11. The molecule has 1 heterocycles. The SMILES string of the molecule is C=CCOC(=O)NS(=O)(=O)N(CC(=O)OC(C)(C)C)c1c(OCc2ccccc2)cc2c(c1F)C[C@H](CN(CCOC)C(=O)OC(C)(C)C)N2C(=O)O. The maximum Gasteiger partial charge on any atom is 0.422 e. The third-order valence-electron chi connectivity index (χ3n) is 7.22. The van der Waals surface area contributed by atoms with Crippen LogP contribution in [-0.2, 0) is 47.0 Å². The molecule has 1 aliphatic heterocycles. The molecule has 16 nitrogen and oxygen atoms in total. The Bertz CT molecular complexity index is 1760. The van der Waals surface area contributed by atoms with Gasteiger partial charge in [0.2, 0.25) is 0 Å². The molecule has 0 aromatic heterocycles. The first-order valence-electron chi connectivity index (χ1n) is 16.5. The second-order valence-corrected chi connectivity index (χ2v) is 15.4. The van der Waals surface area contributed by atoms with Crippen LogP contribution in [0.5, 0.6) is 5.75 Å². The maximum absolute atomic E-state index is 17.2. The zero-order valence-corrected chi connectivity index (χ0v) is 31.7. The number of amides is 3. The molecule has 2 aromatic carbocycles. The zero-order valence-electron chi connectivity index (χ0n) is 30.8. The van der Waals surface area contributed by atoms with Gasteiger partial charge in [-0.05, 0) is 47.1 Å². The van der Waals surface area contributed by atoms with Gasteiger partial charge in [0.15, 0.2) is 5.82 Å². The summed E-state index contributed by atoms with van der Waals surface area (Å²) in [6.45, 7) is 11.0. The van der Waals surface area contributed by atoms with Crippen molar-refractivity contribution in [2.45, 2.75) is 71.8 Å². The first-order chi connectivity index (χ1) is 24.7. The van der Waals surface area contributed by atoms with E-state index in [-0.39, 0.29) is 54.9 Å². The lowest BCUT2D eigenvalue weighted by molar-refractivity contribution is -0.152. The number of carboxylic acid groups (broad SMARTS) is 1. The minimum atomic E-state index is -5.16. The fourth-order valence-electron chi connectivity index (χ4n) is 5.20. The maximum atomic E-state index is 17.2. The van der Waals surface area contributed by atoms with Crippen molar-refractivity contribution >= 4 is 45.8 Å². The summed E-state index contributed by atoms with van der Waals surface area (Å²) >= 11 is 0. The number of carbonyl (C=O) groups is 4. The summed E-state index contributed by atoms with van der Waals surface area (Å²) in [6, 6.07) is 8.55. The number of methoxy groups -OCH3 is 1. The van der Waals surface area contributed by atoms with Crippen molar-refractivity contribution in [3.63, 3.8) is 0 Å². The Hall–Kier alpha value is -5.10. The highest BCUT2D eigenvalue weighted by atomic mass is 32.2. The van der Waals surface area contributed by atoms with Gasteiger partial charge in [-0.25, -0.2) is 27.8 Å². The predicted octanol–water partition coefficient (Wildman–Crippen LogP) is 5.00. The predicted molar refractivity (Wildman–Crippen MR) is 192 cm³/mol. The number of esters is 1. The average Bonchev–Trinajstić information content (AvgIpc) is 3.41. The van der Waals surface area contributed by atoms with Gasteiger partial charge in [0.25, 0.3) is 0 Å². The monoisotopic (exact) mass is 766 g/mol. The van der Waals surface area contributed by atoms with E-state index in [9.17, 15) is 32.7 Å². The Labute approximate surface area is 308 Å². The van der Waals surface area contributed by atoms with Crippen LogP contribution in [0.15, 0.2) is 49.1 Å². The molecule has 0 saturated heterocycles. The topological polar surface area (TPSA) is 191 Å². The molecule has 1 atom stereocenters. The Morgan fingerprint density at radius 1 is 1.08 bits per heavy atom. The van der Waals surface area contributed by atoms with Gasteiger partial charge in [-0.3, -0.25) is 9.69 Å². The van der Waals surface area contributed by atoms with E-state index in [1.54, 1.807) is 55.8 Å². The number of fused-ring (bicyclic) bond motifs is 1. The number of nitrogens with one attached hydrogen (secondary N) is 1. The summed E-state index contributed by atoms with van der Waals surface area (Å²) in [7, 11) is -3.74. The number of anilines is 2. The van der Waals surface area contributed by atoms with Gasteiger partial charge in [-0.2, -0.15) is 8.42 Å². The van der Waals surface area contributed by atoms with Crippen molar-refractivity contribution in [2.75, 3.05) is 49.2 Å². The Kier molecular flexibility index (Phi) is 14.1. The molecule has 0 aliphatic carbocycles. The number of ether oxygens (including phenoxy) is 5. The van der Waals surface area contributed by atoms with Crippen molar-refractivity contribution in [2.24, 2.45) is 0 Å². The van der Waals surface area contributed by atoms with Crippen molar-refractivity contribution in [1.29, 1.82) is 0 Å². The third kappa shape index (κ3) is 12.0. The van der Waals surface area contributed by atoms with Crippen LogP contribution >= 0.6 is 0 Å². The van der Waals surface area contributed by atoms with Crippen LogP contribution in [0.4, 0.5) is 30.1 Å². The van der Waals surface area contributed by atoms with Crippen LogP contribution in [0.25, 0.3) is 0 Å². The van der Waals surface area contributed by atoms with E-state index in [1.807, 2.05) is 0 Å². The molecule has 0 radical (unpaired) electrons. The lowest BCUT2D eigenvalue weighted by Gasteiger charge is -2.31. The molecular weight excluding hydrogens is 719 g/mol. The van der Waals surface area contributed by atoms with E-state index < -0.39 is 75.5 Å². The summed E-state index contributed by atoms with van der Waals surface area (Å²) in [5, 5.41) is 10.4. The summed E-state index contributed by atoms with van der Waals surface area (Å²) in [5.41, 5.74) is -2.70. The van der Waals surface area contributed by atoms with Crippen LogP contribution in [0.1, 0.15) is 52.7 Å². The largest absolute Gasteiger partial charge is 0.487 e. The van der Waals surface area contributed by atoms with Gasteiger partial charge in [0, 0.05) is 38.2 Å². The molecule has 3 rings (SSSR count). The molecule has 0 spiro atoms. The van der Waals surface area contributed by atoms with E-state index in [2.05, 4.69) is 6.58 Å². The van der Waals surface area contributed by atoms with Crippen molar-refractivity contribution in [3.8, 4) is 5.75 Å². The highest BCUT2D eigenvalue weighted by molar-refractivity contribution is 7.91. The smallest absolute Gasteiger partial charge is 0.422 e. The Morgan fingerprint density at radius 3 is 2.28 bits per heavy atom. The Balaban J connectivity index is 2.24. The third-order valence-corrected chi connectivity index (χ3v) is 8.53. The number of carbonyl (C=O) groups excluding carboxylic acids is 3. The average molecular weight is 767 g/mol. The van der Waals surface area contributed by atoms with Crippen molar-refractivity contribution < 1.29 is 60.8 Å². The quantitative estimate of drug-likeness (QED) is 0.140. The summed E-state index contributed by atoms with van der Waals surface area (Å²) in [4.78, 5) is 53.7. The summed E-state index contributed by atoms with van der Waals surface area (Å²) < 4.78 is 73.5. The van der Waals surface area contributed by atoms with Gasteiger partial charge in [0.1, 0.15) is 42.4 Å². The normalized spacial score (nSPS) is 14.1.